The molecule has 11 heavy (non-hydrogen) atoms. The Morgan fingerprint density at radius 3 is 2.64 bits per heavy atom. The van der Waals surface area contributed by atoms with Crippen molar-refractivity contribution in [2.24, 2.45) is 0 Å². The van der Waals surface area contributed by atoms with Gasteiger partial charge in [-0.05, 0) is 6.92 Å². The fourth-order valence-electron chi connectivity index (χ4n) is 0.787. The van der Waals surface area contributed by atoms with Crippen LogP contribution in [0.5, 0.6) is 0 Å². The van der Waals surface area contributed by atoms with E-state index < -0.39 is 6.29 Å². The maximum Gasteiger partial charge on any atom is 0.344 e. The third-order valence-electron chi connectivity index (χ3n) is 1.34. The molecule has 0 saturated carbocycles. The van der Waals surface area contributed by atoms with Crippen LogP contribution in [-0.4, -0.2) is 19.4 Å². The first-order chi connectivity index (χ1) is 5.15. The zero-order chi connectivity index (χ0) is 8.43. The molecule has 0 fully saturated rings. The van der Waals surface area contributed by atoms with Gasteiger partial charge in [-0.3, -0.25) is 0 Å². The van der Waals surface area contributed by atoms with Crippen molar-refractivity contribution in [2.45, 2.75) is 20.1 Å². The summed E-state index contributed by atoms with van der Waals surface area (Å²) in [5.41, 5.74) is 0.366. The lowest BCUT2D eigenvalue weighted by Gasteiger charge is -2.22. The van der Waals surface area contributed by atoms with Crippen molar-refractivity contribution < 1.29 is 19.0 Å². The molecule has 1 aliphatic rings. The van der Waals surface area contributed by atoms with Crippen molar-refractivity contribution in [1.82, 2.24) is 0 Å². The quantitative estimate of drug-likeness (QED) is 0.529. The van der Waals surface area contributed by atoms with Gasteiger partial charge in [0.05, 0.1) is 7.11 Å². The van der Waals surface area contributed by atoms with E-state index in [-0.39, 0.29) is 11.9 Å². The summed E-state index contributed by atoms with van der Waals surface area (Å²) in [7, 11) is 1.45. The van der Waals surface area contributed by atoms with Gasteiger partial charge in [0.15, 0.2) is 0 Å². The summed E-state index contributed by atoms with van der Waals surface area (Å²) in [5.74, 6) is -0.144. The number of hydrogen-bond acceptors (Lipinski definition) is 4. The number of rotatable bonds is 1. The second-order valence-electron chi connectivity index (χ2n) is 2.21. The van der Waals surface area contributed by atoms with Crippen LogP contribution in [-0.2, 0) is 19.0 Å². The SMILES string of the molecule is COC1=C(C)C(=O)OC(C)O1. The number of esters is 1. The normalized spacial score (nSPS) is 24.3. The highest BCUT2D eigenvalue weighted by molar-refractivity contribution is 5.88. The first kappa shape index (κ1) is 7.91. The van der Waals surface area contributed by atoms with E-state index in [2.05, 4.69) is 0 Å². The van der Waals surface area contributed by atoms with Gasteiger partial charge in [-0.2, -0.15) is 0 Å². The van der Waals surface area contributed by atoms with Crippen LogP contribution in [0.4, 0.5) is 0 Å². The Morgan fingerprint density at radius 1 is 1.45 bits per heavy atom. The van der Waals surface area contributed by atoms with E-state index in [1.807, 2.05) is 0 Å². The summed E-state index contributed by atoms with van der Waals surface area (Å²) < 4.78 is 14.6. The molecule has 0 amide bonds. The van der Waals surface area contributed by atoms with Crippen molar-refractivity contribution in [1.29, 1.82) is 0 Å². The minimum atomic E-state index is -0.554. The monoisotopic (exact) mass is 158 g/mol. The number of carbonyl (C=O) groups excluding carboxylic acids is 1. The van der Waals surface area contributed by atoms with E-state index in [9.17, 15) is 4.79 Å². The zero-order valence-corrected chi connectivity index (χ0v) is 6.71. The number of cyclic esters (lactones) is 1. The van der Waals surface area contributed by atoms with Crippen molar-refractivity contribution in [3.05, 3.63) is 11.5 Å². The predicted molar refractivity (Wildman–Crippen MR) is 36.3 cm³/mol. The van der Waals surface area contributed by atoms with Crippen molar-refractivity contribution in [3.8, 4) is 0 Å². The Kier molecular flexibility index (Phi) is 2.03. The molecular weight excluding hydrogens is 148 g/mol. The number of hydrogen-bond donors (Lipinski definition) is 0. The molecule has 1 rings (SSSR count). The highest BCUT2D eigenvalue weighted by Gasteiger charge is 2.25. The van der Waals surface area contributed by atoms with Gasteiger partial charge in [-0.25, -0.2) is 4.79 Å². The van der Waals surface area contributed by atoms with Crippen molar-refractivity contribution >= 4 is 5.97 Å². The Morgan fingerprint density at radius 2 is 2.09 bits per heavy atom. The van der Waals surface area contributed by atoms with Crippen LogP contribution in [0.2, 0.25) is 0 Å². The van der Waals surface area contributed by atoms with Gasteiger partial charge in [0, 0.05) is 6.92 Å². The van der Waals surface area contributed by atoms with Crippen LogP contribution in [0, 0.1) is 0 Å². The molecule has 1 heterocycles. The van der Waals surface area contributed by atoms with E-state index in [1.54, 1.807) is 13.8 Å². The van der Waals surface area contributed by atoms with Crippen LogP contribution in [0.25, 0.3) is 0 Å². The topological polar surface area (TPSA) is 44.8 Å². The maximum atomic E-state index is 10.9. The Hall–Kier alpha value is -1.19. The summed E-state index contributed by atoms with van der Waals surface area (Å²) >= 11 is 0. The second-order valence-corrected chi connectivity index (χ2v) is 2.21. The Bertz CT molecular complexity index is 206. The van der Waals surface area contributed by atoms with Crippen LogP contribution in [0.1, 0.15) is 13.8 Å². The first-order valence-corrected chi connectivity index (χ1v) is 3.27. The van der Waals surface area contributed by atoms with Gasteiger partial charge in [-0.1, -0.05) is 0 Å². The molecule has 0 saturated heterocycles. The highest BCUT2D eigenvalue weighted by atomic mass is 16.8. The number of carbonyl (C=O) groups is 1. The van der Waals surface area contributed by atoms with Gasteiger partial charge in [0.25, 0.3) is 5.95 Å². The predicted octanol–water partition coefficient (Wildman–Crippen LogP) is 0.784. The molecule has 0 spiro atoms. The third-order valence-corrected chi connectivity index (χ3v) is 1.34. The lowest BCUT2D eigenvalue weighted by Crippen LogP contribution is -2.26. The summed E-state index contributed by atoms with van der Waals surface area (Å²) in [6.07, 6.45) is -0.554. The third kappa shape index (κ3) is 1.45. The maximum absolute atomic E-state index is 10.9. The fourth-order valence-corrected chi connectivity index (χ4v) is 0.787. The molecule has 4 heteroatoms. The van der Waals surface area contributed by atoms with Crippen LogP contribution in [0.15, 0.2) is 11.5 Å². The average molecular weight is 158 g/mol. The summed E-state index contributed by atoms with van der Waals surface area (Å²) in [6, 6.07) is 0. The fraction of sp³-hybridized carbons (Fsp3) is 0.571. The van der Waals surface area contributed by atoms with E-state index >= 15 is 0 Å². The Balaban J connectivity index is 2.85. The number of methoxy groups -OCH3 is 1. The van der Waals surface area contributed by atoms with Gasteiger partial charge in [0.1, 0.15) is 5.57 Å². The molecule has 62 valence electrons. The molecular formula is C7H10O4. The molecule has 0 aliphatic carbocycles. The minimum Gasteiger partial charge on any atom is -0.468 e. The summed E-state index contributed by atoms with van der Waals surface area (Å²) in [4.78, 5) is 10.9. The van der Waals surface area contributed by atoms with Crippen LogP contribution >= 0.6 is 0 Å². The summed E-state index contributed by atoms with van der Waals surface area (Å²) in [6.45, 7) is 3.22. The molecule has 4 nitrogen and oxygen atoms in total. The zero-order valence-electron chi connectivity index (χ0n) is 6.71. The summed E-state index contributed by atoms with van der Waals surface area (Å²) in [5, 5.41) is 0. The lowest BCUT2D eigenvalue weighted by molar-refractivity contribution is -0.181. The standard InChI is InChI=1S/C7H10O4/c1-4-6(8)10-5(2)11-7(4)9-3/h5H,1-3H3. The van der Waals surface area contributed by atoms with Gasteiger partial charge in [0.2, 0.25) is 6.29 Å². The second kappa shape index (κ2) is 2.82. The molecule has 0 aromatic carbocycles. The van der Waals surface area contributed by atoms with Gasteiger partial charge >= 0.3 is 5.97 Å². The van der Waals surface area contributed by atoms with E-state index in [1.165, 1.54) is 7.11 Å². The molecule has 1 aliphatic heterocycles. The molecule has 1 atom stereocenters. The minimum absolute atomic E-state index is 0.244. The van der Waals surface area contributed by atoms with Gasteiger partial charge < -0.3 is 14.2 Å². The molecule has 0 aromatic rings. The average Bonchev–Trinajstić information content (AvgIpc) is 1.96. The molecule has 0 radical (unpaired) electrons. The lowest BCUT2D eigenvalue weighted by atomic mass is 10.3. The number of ether oxygens (including phenoxy) is 3. The largest absolute Gasteiger partial charge is 0.468 e. The highest BCUT2D eigenvalue weighted by Crippen LogP contribution is 2.17. The Labute approximate surface area is 64.7 Å². The molecule has 0 aromatic heterocycles. The van der Waals surface area contributed by atoms with E-state index in [0.29, 0.717) is 5.57 Å². The molecule has 1 unspecified atom stereocenters. The molecule has 0 N–H and O–H groups in total. The molecule has 0 bridgehead atoms. The van der Waals surface area contributed by atoms with E-state index in [0.717, 1.165) is 0 Å². The van der Waals surface area contributed by atoms with Gasteiger partial charge in [-0.15, -0.1) is 0 Å². The van der Waals surface area contributed by atoms with Crippen molar-refractivity contribution in [2.75, 3.05) is 7.11 Å². The van der Waals surface area contributed by atoms with Crippen LogP contribution in [0.3, 0.4) is 0 Å². The van der Waals surface area contributed by atoms with Crippen molar-refractivity contribution in [3.63, 3.8) is 0 Å². The smallest absolute Gasteiger partial charge is 0.344 e. The first-order valence-electron chi connectivity index (χ1n) is 3.27. The van der Waals surface area contributed by atoms with E-state index in [4.69, 9.17) is 14.2 Å². The van der Waals surface area contributed by atoms with Crippen LogP contribution < -0.4 is 0 Å².